The zero-order chi connectivity index (χ0) is 8.77. The molecule has 2 rings (SSSR count). The summed E-state index contributed by atoms with van der Waals surface area (Å²) in [6, 6.07) is 0. The third kappa shape index (κ3) is 0.913. The van der Waals surface area contributed by atoms with Gasteiger partial charge in [0.15, 0.2) is 0 Å². The van der Waals surface area contributed by atoms with Crippen molar-refractivity contribution in [2.24, 2.45) is 0 Å². The molecule has 2 heterocycles. The van der Waals surface area contributed by atoms with Crippen LogP contribution in [0.2, 0.25) is 0 Å². The van der Waals surface area contributed by atoms with Gasteiger partial charge in [-0.25, -0.2) is 0 Å². The van der Waals surface area contributed by atoms with Crippen molar-refractivity contribution in [2.75, 3.05) is 19.8 Å². The molecule has 0 aromatic carbocycles. The molecule has 2 aliphatic rings. The SMILES string of the molecule is CNCCC1C2=CC=C(C)S21C. The minimum atomic E-state index is -0.389. The summed E-state index contributed by atoms with van der Waals surface area (Å²) in [4.78, 5) is 3.38. The van der Waals surface area contributed by atoms with E-state index in [1.807, 2.05) is 7.05 Å². The van der Waals surface area contributed by atoms with Crippen LogP contribution in [0.15, 0.2) is 22.0 Å². The summed E-state index contributed by atoms with van der Waals surface area (Å²) in [6.07, 6.45) is 8.45. The number of allylic oxidation sites excluding steroid dienone is 3. The Bertz CT molecular complexity index is 267. The smallest absolute Gasteiger partial charge is 0.0269 e. The van der Waals surface area contributed by atoms with E-state index in [0.717, 1.165) is 11.8 Å². The summed E-state index contributed by atoms with van der Waals surface area (Å²) in [5.74, 6) is 0. The normalized spacial score (nSPS) is 42.8. The van der Waals surface area contributed by atoms with Crippen molar-refractivity contribution in [3.8, 4) is 0 Å². The fourth-order valence-electron chi connectivity index (χ4n) is 2.08. The van der Waals surface area contributed by atoms with Gasteiger partial charge in [-0.05, 0) is 43.0 Å². The Labute approximate surface area is 76.2 Å². The Morgan fingerprint density at radius 1 is 1.50 bits per heavy atom. The minimum Gasteiger partial charge on any atom is -0.320 e. The zero-order valence-corrected chi connectivity index (χ0v) is 8.87. The summed E-state index contributed by atoms with van der Waals surface area (Å²) >= 11 is 0. The van der Waals surface area contributed by atoms with Gasteiger partial charge in [-0.2, -0.15) is 10.0 Å². The van der Waals surface area contributed by atoms with Crippen molar-refractivity contribution in [3.05, 3.63) is 22.0 Å². The molecule has 12 heavy (non-hydrogen) atoms. The van der Waals surface area contributed by atoms with E-state index < -0.39 is 0 Å². The maximum atomic E-state index is 3.23. The number of nitrogens with one attached hydrogen (secondary N) is 1. The van der Waals surface area contributed by atoms with Crippen molar-refractivity contribution in [1.29, 1.82) is 0 Å². The van der Waals surface area contributed by atoms with Crippen LogP contribution in [0.5, 0.6) is 0 Å². The lowest BCUT2D eigenvalue weighted by molar-refractivity contribution is 0.753. The third-order valence-electron chi connectivity index (χ3n) is 3.13. The second kappa shape index (κ2) is 2.64. The van der Waals surface area contributed by atoms with E-state index in [-0.39, 0.29) is 10.0 Å². The van der Waals surface area contributed by atoms with Crippen molar-refractivity contribution >= 4 is 10.0 Å². The molecule has 0 bridgehead atoms. The summed E-state index contributed by atoms with van der Waals surface area (Å²) in [5, 5.41) is 4.15. The lowest BCUT2D eigenvalue weighted by Gasteiger charge is -2.14. The predicted molar refractivity (Wildman–Crippen MR) is 57.7 cm³/mol. The van der Waals surface area contributed by atoms with E-state index in [0.29, 0.717) is 0 Å². The van der Waals surface area contributed by atoms with Crippen LogP contribution >= 0.6 is 10.0 Å². The van der Waals surface area contributed by atoms with Crippen molar-refractivity contribution in [3.63, 3.8) is 0 Å². The fourth-order valence-corrected chi connectivity index (χ4v) is 5.68. The van der Waals surface area contributed by atoms with Crippen LogP contribution in [0.3, 0.4) is 0 Å². The van der Waals surface area contributed by atoms with Crippen LogP contribution in [0.4, 0.5) is 0 Å². The molecule has 0 saturated carbocycles. The molecule has 2 aliphatic heterocycles. The lowest BCUT2D eigenvalue weighted by Crippen LogP contribution is -2.10. The van der Waals surface area contributed by atoms with Crippen LogP contribution in [0.25, 0.3) is 0 Å². The van der Waals surface area contributed by atoms with Crippen LogP contribution < -0.4 is 5.32 Å². The second-order valence-electron chi connectivity index (χ2n) is 3.71. The number of hydrogen-bond acceptors (Lipinski definition) is 1. The van der Waals surface area contributed by atoms with Gasteiger partial charge in [-0.15, -0.1) is 0 Å². The topological polar surface area (TPSA) is 12.0 Å². The summed E-state index contributed by atoms with van der Waals surface area (Å²) in [6.45, 7) is 3.45. The molecule has 1 saturated heterocycles. The second-order valence-corrected chi connectivity index (χ2v) is 7.36. The number of fused-ring (bicyclic) bond motifs is 1. The molecule has 0 amide bonds. The molecule has 2 unspecified atom stereocenters. The highest BCUT2D eigenvalue weighted by atomic mass is 32.3. The highest BCUT2D eigenvalue weighted by molar-refractivity contribution is 8.46. The van der Waals surface area contributed by atoms with Crippen LogP contribution in [-0.2, 0) is 0 Å². The Morgan fingerprint density at radius 2 is 2.25 bits per heavy atom. The molecule has 1 N–H and O–H groups in total. The fraction of sp³-hybridized carbons (Fsp3) is 0.600. The van der Waals surface area contributed by atoms with Gasteiger partial charge < -0.3 is 5.32 Å². The minimum absolute atomic E-state index is 0.389. The molecule has 68 valence electrons. The summed E-state index contributed by atoms with van der Waals surface area (Å²) < 4.78 is 0. The molecule has 2 heteroatoms. The van der Waals surface area contributed by atoms with E-state index in [2.05, 4.69) is 30.6 Å². The van der Waals surface area contributed by atoms with Gasteiger partial charge in [0.2, 0.25) is 0 Å². The van der Waals surface area contributed by atoms with Crippen LogP contribution in [0, 0.1) is 0 Å². The summed E-state index contributed by atoms with van der Waals surface area (Å²) in [5.41, 5.74) is 0. The third-order valence-corrected chi connectivity index (χ3v) is 7.37. The molecule has 1 nitrogen and oxygen atoms in total. The first kappa shape index (κ1) is 8.39. The highest BCUT2D eigenvalue weighted by Gasteiger charge is 2.53. The maximum absolute atomic E-state index is 3.23. The van der Waals surface area contributed by atoms with Crippen LogP contribution in [-0.4, -0.2) is 25.1 Å². The summed E-state index contributed by atoms with van der Waals surface area (Å²) in [7, 11) is 1.65. The average molecular weight is 183 g/mol. The van der Waals surface area contributed by atoms with E-state index in [4.69, 9.17) is 0 Å². The van der Waals surface area contributed by atoms with Gasteiger partial charge in [0.05, 0.1) is 0 Å². The monoisotopic (exact) mass is 183 g/mol. The van der Waals surface area contributed by atoms with Crippen molar-refractivity contribution in [2.45, 2.75) is 18.6 Å². The van der Waals surface area contributed by atoms with Gasteiger partial charge in [0.25, 0.3) is 0 Å². The number of rotatable bonds is 3. The molecule has 0 aromatic heterocycles. The van der Waals surface area contributed by atoms with Gasteiger partial charge in [0, 0.05) is 5.25 Å². The van der Waals surface area contributed by atoms with E-state index in [1.165, 1.54) is 6.42 Å². The Morgan fingerprint density at radius 3 is 2.75 bits per heavy atom. The van der Waals surface area contributed by atoms with Crippen molar-refractivity contribution < 1.29 is 0 Å². The first-order valence-electron chi connectivity index (χ1n) is 4.51. The molecular formula is C10H17NS. The quantitative estimate of drug-likeness (QED) is 0.662. The Kier molecular flexibility index (Phi) is 1.85. The zero-order valence-electron chi connectivity index (χ0n) is 8.05. The molecular weight excluding hydrogens is 166 g/mol. The van der Waals surface area contributed by atoms with Gasteiger partial charge in [-0.1, -0.05) is 12.2 Å². The van der Waals surface area contributed by atoms with Crippen LogP contribution in [0.1, 0.15) is 13.3 Å². The van der Waals surface area contributed by atoms with E-state index >= 15 is 0 Å². The van der Waals surface area contributed by atoms with Gasteiger partial charge in [-0.3, -0.25) is 0 Å². The van der Waals surface area contributed by atoms with E-state index in [1.54, 1.807) is 9.81 Å². The Balaban J connectivity index is 2.01. The molecule has 0 aromatic rings. The maximum Gasteiger partial charge on any atom is 0.0269 e. The number of hydrogen-bond donors (Lipinski definition) is 1. The molecule has 2 atom stereocenters. The molecule has 0 aliphatic carbocycles. The van der Waals surface area contributed by atoms with E-state index in [9.17, 15) is 0 Å². The molecule has 0 spiro atoms. The van der Waals surface area contributed by atoms with Gasteiger partial charge in [0.1, 0.15) is 0 Å². The lowest BCUT2D eigenvalue weighted by atomic mass is 10.3. The first-order valence-corrected chi connectivity index (χ1v) is 6.62. The van der Waals surface area contributed by atoms with Gasteiger partial charge >= 0.3 is 0 Å². The van der Waals surface area contributed by atoms with Crippen molar-refractivity contribution in [1.82, 2.24) is 5.32 Å². The predicted octanol–water partition coefficient (Wildman–Crippen LogP) is 2.21. The Hall–Kier alpha value is -0.210. The molecule has 0 radical (unpaired) electrons. The first-order chi connectivity index (χ1) is 5.71. The molecule has 1 fully saturated rings. The highest BCUT2D eigenvalue weighted by Crippen LogP contribution is 2.83. The largest absolute Gasteiger partial charge is 0.320 e. The standard InChI is InChI=1S/C10H17NS/c1-8-4-5-9-10(6-7-11-2)12(8,9)3/h4-5,10-11H,6-7H2,1-3H3. The average Bonchev–Trinajstić information content (AvgIpc) is 2.52.